The van der Waals surface area contributed by atoms with Crippen LogP contribution in [0.2, 0.25) is 0 Å². The fourth-order valence-electron chi connectivity index (χ4n) is 12.7. The lowest BCUT2D eigenvalue weighted by molar-refractivity contribution is -0.140. The molecule has 0 aliphatic carbocycles. The molecule has 3 N–H and O–H groups in total. The van der Waals surface area contributed by atoms with Gasteiger partial charge in [-0.25, -0.2) is 9.97 Å². The van der Waals surface area contributed by atoms with Gasteiger partial charge in [0, 0.05) is 39.1 Å². The summed E-state index contributed by atoms with van der Waals surface area (Å²) in [7, 11) is 0. The number of hydrogen-bond donors (Lipinski definition) is 3. The summed E-state index contributed by atoms with van der Waals surface area (Å²) in [5, 5.41) is 9.46. The maximum absolute atomic E-state index is 13.3. The van der Waals surface area contributed by atoms with Gasteiger partial charge in [-0.1, -0.05) is 251 Å². The van der Waals surface area contributed by atoms with Crippen molar-refractivity contribution in [1.82, 2.24) is 24.8 Å². The lowest BCUT2D eigenvalue weighted by Crippen LogP contribution is -2.33. The van der Waals surface area contributed by atoms with E-state index < -0.39 is 18.4 Å². The highest BCUT2D eigenvalue weighted by Gasteiger charge is 2.34. The Morgan fingerprint density at radius 3 is 1.33 bits per heavy atom. The first kappa shape index (κ1) is 67.2. The molecule has 11 heteroatoms. The Morgan fingerprint density at radius 1 is 0.495 bits per heavy atom. The van der Waals surface area contributed by atoms with E-state index in [1.54, 1.807) is 6.08 Å². The molecule has 3 aliphatic rings. The molecule has 8 bridgehead atoms. The number of amides is 1. The van der Waals surface area contributed by atoms with E-state index in [-0.39, 0.29) is 26.0 Å². The molecule has 0 radical (unpaired) electrons. The Kier molecular flexibility index (Phi) is 17.7. The molecular weight excluding hydrogens is 1250 g/mol. The average Bonchev–Trinajstić information content (AvgIpc) is 1.65. The number of rotatable bonds is 10. The predicted molar refractivity (Wildman–Crippen MR) is 419 cm³/mol. The second-order valence-corrected chi connectivity index (χ2v) is 31.9. The summed E-state index contributed by atoms with van der Waals surface area (Å²) >= 11 is 6.49. The molecule has 7 aromatic carbocycles. The third-order valence-electron chi connectivity index (χ3n) is 18.6. The number of aryl methyl sites for hydroxylation is 2. The van der Waals surface area contributed by atoms with Crippen molar-refractivity contribution in [2.45, 2.75) is 119 Å². The Bertz CT molecular complexity index is 5010. The maximum atomic E-state index is 13.3. The second-order valence-electron chi connectivity index (χ2n) is 30.3. The number of hydrogen-bond acceptors (Lipinski definition) is 7. The molecule has 0 spiro atoms. The first-order chi connectivity index (χ1) is 47.0. The summed E-state index contributed by atoms with van der Waals surface area (Å²) < 4.78 is 0.214. The van der Waals surface area contributed by atoms with Crippen molar-refractivity contribution < 1.29 is 14.7 Å². The van der Waals surface area contributed by atoms with Crippen molar-refractivity contribution in [3.8, 4) is 56.3 Å². The normalized spacial score (nSPS) is 13.7. The highest BCUT2D eigenvalue weighted by atomic mass is 32.2. The van der Waals surface area contributed by atoms with E-state index in [0.29, 0.717) is 16.2 Å². The molecular formula is C88H82N6O3S2. The minimum Gasteiger partial charge on any atom is -0.480 e. The number of carbonyl (C=O) groups excluding carboxylic acids is 1. The van der Waals surface area contributed by atoms with E-state index in [2.05, 4.69) is 306 Å². The smallest absolute Gasteiger partial charge is 0.323 e. The molecule has 13 rings (SSSR count). The molecule has 1 saturated heterocycles. The minimum absolute atomic E-state index is 0.189. The van der Waals surface area contributed by atoms with E-state index in [1.165, 1.54) is 33.4 Å². The number of nitrogens with one attached hydrogen (secondary N) is 2. The molecule has 3 aliphatic heterocycles. The second kappa shape index (κ2) is 26.1. The van der Waals surface area contributed by atoms with Gasteiger partial charge < -0.3 is 20.0 Å². The van der Waals surface area contributed by atoms with Crippen molar-refractivity contribution in [2.75, 3.05) is 11.4 Å². The molecule has 1 fully saturated rings. The Labute approximate surface area is 591 Å². The topological polar surface area (TPSA) is 118 Å². The molecule has 99 heavy (non-hydrogen) atoms. The van der Waals surface area contributed by atoms with Crippen molar-refractivity contribution in [3.05, 3.63) is 260 Å². The third kappa shape index (κ3) is 14.2. The van der Waals surface area contributed by atoms with Crippen molar-refractivity contribution in [1.29, 1.82) is 0 Å². The van der Waals surface area contributed by atoms with Crippen LogP contribution in [-0.4, -0.2) is 52.7 Å². The third-order valence-corrected chi connectivity index (χ3v) is 20.0. The van der Waals surface area contributed by atoms with Gasteiger partial charge in [0.2, 0.25) is 0 Å². The van der Waals surface area contributed by atoms with Crippen LogP contribution in [0, 0.1) is 25.7 Å². The summed E-state index contributed by atoms with van der Waals surface area (Å²) in [6.07, 6.45) is 10.3. The van der Waals surface area contributed by atoms with Gasteiger partial charge in [0.05, 0.1) is 50.0 Å². The van der Waals surface area contributed by atoms with Crippen LogP contribution < -0.4 is 4.90 Å². The Morgan fingerprint density at radius 2 is 0.889 bits per heavy atom. The number of aromatic amines is 2. The minimum atomic E-state index is -1.13. The quantitative estimate of drug-likeness (QED) is 0.0704. The predicted octanol–water partition coefficient (Wildman–Crippen LogP) is 22.3. The monoisotopic (exact) mass is 1330 g/mol. The van der Waals surface area contributed by atoms with Crippen molar-refractivity contribution in [2.24, 2.45) is 0 Å². The number of benzene rings is 7. The molecule has 6 heterocycles. The SMILES string of the molecule is Cc1ccc(-c2ccc(N(c3ccc(-c4ccc(C)cc4)cc3)c3c4nc(c(-c5cc(C(C)(C)C)cc(C(C)(C)C)c5)c5ccc([nH]5)c(C#Cc5ccc(C=C6SC(=S)N(CC(=O)O)C6=O)cc5)c5nc(c(-c6cc(C(C)(C)C)cc(C(C)(C)C)c6)c6ccc3[nH]6)C=C5)C=C4)cc2)cc1. The van der Waals surface area contributed by atoms with Crippen LogP contribution >= 0.6 is 24.0 Å². The molecule has 0 saturated carbocycles. The van der Waals surface area contributed by atoms with E-state index in [0.717, 1.165) is 129 Å². The van der Waals surface area contributed by atoms with Crippen LogP contribution in [0.3, 0.4) is 0 Å². The average molecular weight is 1340 g/mol. The Balaban J connectivity index is 1.12. The lowest BCUT2D eigenvalue weighted by atomic mass is 9.78. The fourth-order valence-corrected chi connectivity index (χ4v) is 13.9. The van der Waals surface area contributed by atoms with E-state index in [4.69, 9.17) is 22.2 Å². The van der Waals surface area contributed by atoms with Gasteiger partial charge in [-0.15, -0.1) is 0 Å². The number of carbonyl (C=O) groups is 2. The molecule has 0 atom stereocenters. The molecule has 1 amide bonds. The van der Waals surface area contributed by atoms with Crippen LogP contribution in [-0.2, 0) is 31.2 Å². The van der Waals surface area contributed by atoms with E-state index >= 15 is 0 Å². The van der Waals surface area contributed by atoms with Crippen molar-refractivity contribution >= 4 is 110 Å². The maximum Gasteiger partial charge on any atom is 0.323 e. The molecule has 3 aromatic heterocycles. The van der Waals surface area contributed by atoms with Gasteiger partial charge in [-0.3, -0.25) is 14.5 Å². The van der Waals surface area contributed by atoms with E-state index in [9.17, 15) is 14.7 Å². The number of carboxylic acid groups (broad SMARTS) is 1. The molecule has 10 aromatic rings. The summed E-state index contributed by atoms with van der Waals surface area (Å²) in [6.45, 7) is 31.1. The number of nitrogens with zero attached hydrogens (tertiary/aromatic N) is 4. The summed E-state index contributed by atoms with van der Waals surface area (Å²) in [5.74, 6) is 5.58. The number of carboxylic acids is 1. The van der Waals surface area contributed by atoms with Gasteiger partial charge in [0.15, 0.2) is 0 Å². The zero-order valence-corrected chi connectivity index (χ0v) is 60.4. The number of aromatic nitrogens is 4. The number of H-pyrrole nitrogens is 2. The Hall–Kier alpha value is -10.4. The fraction of sp³-hybridized carbons (Fsp3) is 0.216. The van der Waals surface area contributed by atoms with Crippen LogP contribution in [0.15, 0.2) is 187 Å². The first-order valence-corrected chi connectivity index (χ1v) is 34.9. The number of fused-ring (bicyclic) bond motifs is 8. The van der Waals surface area contributed by atoms with Gasteiger partial charge in [-0.05, 0) is 188 Å². The number of thioether (sulfide) groups is 1. The zero-order valence-electron chi connectivity index (χ0n) is 58.8. The van der Waals surface area contributed by atoms with Crippen LogP contribution in [0.25, 0.3) is 97.0 Å². The molecule has 0 unspecified atom stereocenters. The number of anilines is 3. The summed E-state index contributed by atoms with van der Waals surface area (Å²) in [5.41, 5.74) is 26.3. The lowest BCUT2D eigenvalue weighted by Gasteiger charge is -2.27. The molecule has 494 valence electrons. The van der Waals surface area contributed by atoms with Gasteiger partial charge in [-0.2, -0.15) is 0 Å². The van der Waals surface area contributed by atoms with E-state index in [1.807, 2.05) is 24.3 Å². The number of thiocarbonyl (C=S) groups is 1. The van der Waals surface area contributed by atoms with Crippen LogP contribution in [0.5, 0.6) is 0 Å². The van der Waals surface area contributed by atoms with Gasteiger partial charge in [0.1, 0.15) is 10.9 Å². The van der Waals surface area contributed by atoms with Crippen LogP contribution in [0.4, 0.5) is 17.1 Å². The standard InChI is InChI=1S/C88H82N6O3S2/c1-53-15-24-57(25-16-53)59-28-32-67(33-29-59)94(68-34-30-60(31-35-68)58-26-17-54(2)18-27-58)82-76-43-41-74(91-76)80(61-46-63(85(3,4)5)50-64(47-61)86(6,7)8)72-39-37-70(89-72)69(36-23-55-19-21-56(22-20-55)45-78-83(97)93(52-79(95)96)84(98)99-78)71-38-40-73(90-71)81(75-42-44-77(82)92-75)62-48-65(87(9,10)11)51-66(49-62)88(12,13)14/h15-22,24-35,37-51,89,92H,52H2,1-14H3,(H,95,96). The highest BCUT2D eigenvalue weighted by molar-refractivity contribution is 8.26. The van der Waals surface area contributed by atoms with Crippen molar-refractivity contribution in [3.63, 3.8) is 0 Å². The summed E-state index contributed by atoms with van der Waals surface area (Å²) in [4.78, 5) is 48.3. The van der Waals surface area contributed by atoms with Crippen LogP contribution in [0.1, 0.15) is 156 Å². The zero-order chi connectivity index (χ0) is 70.0. The summed E-state index contributed by atoms with van der Waals surface area (Å²) in [6, 6.07) is 65.6. The van der Waals surface area contributed by atoms with Gasteiger partial charge >= 0.3 is 5.97 Å². The number of aliphatic carboxylic acids is 1. The van der Waals surface area contributed by atoms with Gasteiger partial charge in [0.25, 0.3) is 5.91 Å². The first-order valence-electron chi connectivity index (χ1n) is 33.7. The largest absolute Gasteiger partial charge is 0.480 e. The molecule has 9 nitrogen and oxygen atoms in total. The highest BCUT2D eigenvalue weighted by Crippen LogP contribution is 2.46.